The summed E-state index contributed by atoms with van der Waals surface area (Å²) in [5, 5.41) is 0. The molecule has 7 rings (SSSR count). The predicted molar refractivity (Wildman–Crippen MR) is 192 cm³/mol. The van der Waals surface area contributed by atoms with Crippen LogP contribution >= 0.6 is 0 Å². The number of ether oxygens (including phenoxy) is 3. The molecule has 0 saturated heterocycles. The van der Waals surface area contributed by atoms with Crippen molar-refractivity contribution < 1.29 is 14.2 Å². The summed E-state index contributed by atoms with van der Waals surface area (Å²) in [4.78, 5) is 15.5. The van der Waals surface area contributed by atoms with Gasteiger partial charge in [-0.1, -0.05) is 109 Å². The van der Waals surface area contributed by atoms with Crippen molar-refractivity contribution >= 4 is 0 Å². The second kappa shape index (κ2) is 13.6. The van der Waals surface area contributed by atoms with Crippen LogP contribution in [0.2, 0.25) is 0 Å². The monoisotopic (exact) mass is 627 g/mol. The molecule has 1 aromatic heterocycles. The Balaban J connectivity index is 1.48. The van der Waals surface area contributed by atoms with E-state index in [4.69, 9.17) is 29.2 Å². The second-order valence-electron chi connectivity index (χ2n) is 11.1. The van der Waals surface area contributed by atoms with Crippen LogP contribution in [-0.2, 0) is 0 Å². The Morgan fingerprint density at radius 1 is 0.312 bits per heavy atom. The first-order valence-corrected chi connectivity index (χ1v) is 15.6. The molecule has 1 heterocycles. The molecular weight excluding hydrogens is 594 g/mol. The minimum Gasteiger partial charge on any atom is -0.497 e. The van der Waals surface area contributed by atoms with Gasteiger partial charge in [-0.3, -0.25) is 0 Å². The maximum Gasteiger partial charge on any atom is 0.164 e. The first kappa shape index (κ1) is 30.4. The minimum absolute atomic E-state index is 0.564. The summed E-state index contributed by atoms with van der Waals surface area (Å²) in [7, 11) is 5.03. The number of hydrogen-bond donors (Lipinski definition) is 0. The minimum atomic E-state index is 0.564. The molecule has 0 aliphatic rings. The van der Waals surface area contributed by atoms with Crippen LogP contribution in [0.4, 0.5) is 0 Å². The third-order valence-electron chi connectivity index (χ3n) is 8.28. The van der Waals surface area contributed by atoms with Gasteiger partial charge in [-0.15, -0.1) is 0 Å². The van der Waals surface area contributed by atoms with E-state index in [1.165, 1.54) is 0 Å². The van der Waals surface area contributed by atoms with E-state index in [1.807, 2.05) is 91.0 Å². The third kappa shape index (κ3) is 6.11. The highest BCUT2D eigenvalue weighted by molar-refractivity contribution is 5.87. The van der Waals surface area contributed by atoms with E-state index in [2.05, 4.69) is 54.6 Å². The standard InChI is InChI=1S/C42H33N3O3/c1-46-31-16-10-13-28(25-31)34-19-4-7-22-37(34)40-43-41(38-23-8-5-20-35(38)29-14-11-17-32(26-29)47-2)45-42(44-40)39-24-9-6-21-36(39)30-15-12-18-33(27-30)48-3/h4-27H,1-3H3. The molecule has 0 atom stereocenters. The van der Waals surface area contributed by atoms with Gasteiger partial charge in [0.25, 0.3) is 0 Å². The number of methoxy groups -OCH3 is 3. The summed E-state index contributed by atoms with van der Waals surface area (Å²) in [5.41, 5.74) is 8.62. The zero-order valence-electron chi connectivity index (χ0n) is 26.9. The van der Waals surface area contributed by atoms with Crippen LogP contribution in [0, 0.1) is 0 Å². The Labute approximate surface area is 280 Å². The van der Waals surface area contributed by atoms with Gasteiger partial charge in [-0.2, -0.15) is 0 Å². The largest absolute Gasteiger partial charge is 0.497 e. The first-order valence-electron chi connectivity index (χ1n) is 15.6. The van der Waals surface area contributed by atoms with Crippen LogP contribution in [0.3, 0.4) is 0 Å². The number of nitrogens with zero attached hydrogens (tertiary/aromatic N) is 3. The predicted octanol–water partition coefficient (Wildman–Crippen LogP) is 9.90. The number of aromatic nitrogens is 3. The van der Waals surface area contributed by atoms with Gasteiger partial charge >= 0.3 is 0 Å². The van der Waals surface area contributed by atoms with Crippen molar-refractivity contribution in [2.24, 2.45) is 0 Å². The van der Waals surface area contributed by atoms with E-state index in [1.54, 1.807) is 21.3 Å². The van der Waals surface area contributed by atoms with E-state index in [0.717, 1.165) is 67.3 Å². The van der Waals surface area contributed by atoms with Crippen LogP contribution in [0.5, 0.6) is 17.2 Å². The highest BCUT2D eigenvalue weighted by atomic mass is 16.5. The fraction of sp³-hybridized carbons (Fsp3) is 0.0714. The lowest BCUT2D eigenvalue weighted by Crippen LogP contribution is -2.02. The quantitative estimate of drug-likeness (QED) is 0.159. The van der Waals surface area contributed by atoms with Crippen LogP contribution < -0.4 is 14.2 Å². The van der Waals surface area contributed by atoms with E-state index < -0.39 is 0 Å². The molecule has 0 fully saturated rings. The van der Waals surface area contributed by atoms with Crippen LogP contribution in [0.25, 0.3) is 67.5 Å². The topological polar surface area (TPSA) is 66.4 Å². The molecule has 0 amide bonds. The van der Waals surface area contributed by atoms with E-state index in [-0.39, 0.29) is 0 Å². The van der Waals surface area contributed by atoms with Crippen molar-refractivity contribution in [3.05, 3.63) is 146 Å². The summed E-state index contributed by atoms with van der Waals surface area (Å²) < 4.78 is 16.7. The Morgan fingerprint density at radius 3 is 0.854 bits per heavy atom. The van der Waals surface area contributed by atoms with Crippen molar-refractivity contribution in [2.75, 3.05) is 21.3 Å². The van der Waals surface area contributed by atoms with Gasteiger partial charge in [0.1, 0.15) is 17.2 Å². The summed E-state index contributed by atoms with van der Waals surface area (Å²) in [6.07, 6.45) is 0. The normalized spacial score (nSPS) is 10.8. The van der Waals surface area contributed by atoms with Gasteiger partial charge in [0.15, 0.2) is 17.5 Å². The van der Waals surface area contributed by atoms with Gasteiger partial charge in [0, 0.05) is 16.7 Å². The second-order valence-corrected chi connectivity index (χ2v) is 11.1. The lowest BCUT2D eigenvalue weighted by Gasteiger charge is -2.16. The van der Waals surface area contributed by atoms with E-state index in [0.29, 0.717) is 17.5 Å². The molecule has 0 spiro atoms. The molecule has 0 unspecified atom stereocenters. The highest BCUT2D eigenvalue weighted by Gasteiger charge is 2.20. The zero-order valence-corrected chi connectivity index (χ0v) is 26.9. The Kier molecular flexibility index (Phi) is 8.62. The zero-order chi connectivity index (χ0) is 32.9. The lowest BCUT2D eigenvalue weighted by molar-refractivity contribution is 0.415. The van der Waals surface area contributed by atoms with Crippen molar-refractivity contribution in [1.29, 1.82) is 0 Å². The summed E-state index contributed by atoms with van der Waals surface area (Å²) in [6, 6.07) is 48.6. The van der Waals surface area contributed by atoms with E-state index >= 15 is 0 Å². The lowest BCUT2D eigenvalue weighted by atomic mass is 9.97. The molecule has 0 saturated carbocycles. The average Bonchev–Trinajstić information content (AvgIpc) is 3.17. The number of benzene rings is 6. The number of hydrogen-bond acceptors (Lipinski definition) is 6. The Bertz CT molecular complexity index is 1970. The Hall–Kier alpha value is -6.27. The van der Waals surface area contributed by atoms with Gasteiger partial charge in [0.05, 0.1) is 21.3 Å². The molecule has 0 bridgehead atoms. The third-order valence-corrected chi connectivity index (χ3v) is 8.28. The highest BCUT2D eigenvalue weighted by Crippen LogP contribution is 2.38. The molecule has 0 aliphatic heterocycles. The van der Waals surface area contributed by atoms with Gasteiger partial charge in [0.2, 0.25) is 0 Å². The van der Waals surface area contributed by atoms with Crippen molar-refractivity contribution in [3.63, 3.8) is 0 Å². The summed E-state index contributed by atoms with van der Waals surface area (Å²) >= 11 is 0. The van der Waals surface area contributed by atoms with Crippen molar-refractivity contribution in [1.82, 2.24) is 15.0 Å². The summed E-state index contributed by atoms with van der Waals surface area (Å²) in [5.74, 6) is 4.02. The molecule has 234 valence electrons. The SMILES string of the molecule is COc1cccc(-c2ccccc2-c2nc(-c3ccccc3-c3cccc(OC)c3)nc(-c3ccccc3-c3cccc(OC)c3)n2)c1. The molecule has 0 aliphatic carbocycles. The molecule has 6 aromatic carbocycles. The first-order chi connectivity index (χ1) is 23.6. The molecule has 7 aromatic rings. The fourth-order valence-electron chi connectivity index (χ4n) is 5.90. The van der Waals surface area contributed by atoms with Crippen LogP contribution in [-0.4, -0.2) is 36.3 Å². The van der Waals surface area contributed by atoms with Crippen LogP contribution in [0.1, 0.15) is 0 Å². The fourth-order valence-corrected chi connectivity index (χ4v) is 5.90. The molecule has 48 heavy (non-hydrogen) atoms. The van der Waals surface area contributed by atoms with Crippen molar-refractivity contribution in [3.8, 4) is 84.8 Å². The summed E-state index contributed by atoms with van der Waals surface area (Å²) in [6.45, 7) is 0. The molecular formula is C42H33N3O3. The smallest absolute Gasteiger partial charge is 0.164 e. The molecule has 0 radical (unpaired) electrons. The van der Waals surface area contributed by atoms with Crippen LogP contribution in [0.15, 0.2) is 146 Å². The molecule has 0 N–H and O–H groups in total. The molecule has 6 heteroatoms. The van der Waals surface area contributed by atoms with Gasteiger partial charge in [-0.05, 0) is 69.8 Å². The number of rotatable bonds is 9. The molecule has 6 nitrogen and oxygen atoms in total. The average molecular weight is 628 g/mol. The maximum atomic E-state index is 5.56. The maximum absolute atomic E-state index is 5.56. The van der Waals surface area contributed by atoms with Gasteiger partial charge < -0.3 is 14.2 Å². The van der Waals surface area contributed by atoms with E-state index in [9.17, 15) is 0 Å². The van der Waals surface area contributed by atoms with Gasteiger partial charge in [-0.25, -0.2) is 15.0 Å². The Morgan fingerprint density at radius 2 is 0.583 bits per heavy atom. The van der Waals surface area contributed by atoms with Crippen molar-refractivity contribution in [2.45, 2.75) is 0 Å².